The number of aromatic nitrogens is 3. The van der Waals surface area contributed by atoms with E-state index < -0.39 is 17.8 Å². The summed E-state index contributed by atoms with van der Waals surface area (Å²) in [6, 6.07) is 6.63. The number of benzene rings is 1. The molecule has 1 aliphatic heterocycles. The second kappa shape index (κ2) is 8.60. The summed E-state index contributed by atoms with van der Waals surface area (Å²) in [5, 5.41) is 10.6. The molecule has 0 spiro atoms. The number of anilines is 1. The fraction of sp³-hybridized carbons (Fsp3) is 0.364. The number of ether oxygens (including phenoxy) is 1. The molecule has 1 N–H and O–H groups in total. The van der Waals surface area contributed by atoms with Crippen LogP contribution in [-0.4, -0.2) is 38.7 Å². The van der Waals surface area contributed by atoms with E-state index >= 15 is 0 Å². The van der Waals surface area contributed by atoms with Gasteiger partial charge in [0.25, 0.3) is 0 Å². The van der Waals surface area contributed by atoms with E-state index in [4.69, 9.17) is 0 Å². The van der Waals surface area contributed by atoms with Crippen LogP contribution in [0.5, 0.6) is 11.6 Å². The topological polar surface area (TPSA) is 72.5 Å². The third-order valence-corrected chi connectivity index (χ3v) is 5.60. The fourth-order valence-electron chi connectivity index (χ4n) is 3.99. The zero-order valence-electron chi connectivity index (χ0n) is 17.5. The zero-order valence-corrected chi connectivity index (χ0v) is 17.5. The van der Waals surface area contributed by atoms with Crippen molar-refractivity contribution in [2.45, 2.75) is 39.1 Å². The Labute approximate surface area is 182 Å². The van der Waals surface area contributed by atoms with E-state index in [1.165, 1.54) is 23.1 Å². The van der Waals surface area contributed by atoms with Crippen molar-refractivity contribution >= 4 is 5.69 Å². The van der Waals surface area contributed by atoms with Crippen molar-refractivity contribution in [3.8, 4) is 17.3 Å². The lowest BCUT2D eigenvalue weighted by molar-refractivity contribution is -0.274. The molecule has 2 aromatic heterocycles. The molecule has 0 saturated carbocycles. The highest BCUT2D eigenvalue weighted by atomic mass is 19.4. The average molecular weight is 448 g/mol. The summed E-state index contributed by atoms with van der Waals surface area (Å²) in [4.78, 5) is 19.6. The number of alkyl halides is 3. The molecule has 0 atom stereocenters. The van der Waals surface area contributed by atoms with E-state index in [9.17, 15) is 23.1 Å². The first-order chi connectivity index (χ1) is 15.2. The summed E-state index contributed by atoms with van der Waals surface area (Å²) in [5.74, 6) is -0.680. The van der Waals surface area contributed by atoms with Crippen LogP contribution in [0.3, 0.4) is 0 Å². The van der Waals surface area contributed by atoms with E-state index in [1.807, 2.05) is 6.07 Å². The minimum Gasteiger partial charge on any atom is -0.493 e. The number of halogens is 3. The summed E-state index contributed by atoms with van der Waals surface area (Å²) in [5.41, 5.74) is 1.95. The molecule has 7 nitrogen and oxygen atoms in total. The van der Waals surface area contributed by atoms with Crippen molar-refractivity contribution in [2.75, 3.05) is 18.0 Å². The van der Waals surface area contributed by atoms with E-state index in [0.29, 0.717) is 5.69 Å². The number of aromatic hydroxyl groups is 1. The molecular formula is C22H23F3N4O3. The molecule has 10 heteroatoms. The highest BCUT2D eigenvalue weighted by Gasteiger charge is 2.31. The lowest BCUT2D eigenvalue weighted by atomic mass is 10.1. The fourth-order valence-corrected chi connectivity index (χ4v) is 3.99. The number of nitrogens with zero attached hydrogens (tertiary/aromatic N) is 4. The molecule has 4 rings (SSSR count). The lowest BCUT2D eigenvalue weighted by Gasteiger charge is -2.30. The zero-order chi connectivity index (χ0) is 22.9. The molecule has 0 amide bonds. The van der Waals surface area contributed by atoms with Crippen LogP contribution < -0.4 is 15.3 Å². The second-order valence-corrected chi connectivity index (χ2v) is 7.71. The standard InChI is InChI=1S/C22H23F3N4O3/c1-15-20(30)29(17-5-7-18(8-6-17)32-22(23,24)25)21(31)28(15)14-16-9-10-26-13-19(16)27-11-3-2-4-12-27/h5-10,13,30H,2-4,11-12,14H2,1H3. The van der Waals surface area contributed by atoms with Gasteiger partial charge in [-0.05, 0) is 62.1 Å². The Balaban J connectivity index is 1.66. The minimum absolute atomic E-state index is 0.231. The van der Waals surface area contributed by atoms with Gasteiger partial charge in [-0.1, -0.05) is 0 Å². The van der Waals surface area contributed by atoms with E-state index in [0.717, 1.165) is 53.9 Å². The van der Waals surface area contributed by atoms with Crippen LogP contribution >= 0.6 is 0 Å². The van der Waals surface area contributed by atoms with Crippen molar-refractivity contribution in [2.24, 2.45) is 0 Å². The first-order valence-electron chi connectivity index (χ1n) is 10.3. The molecule has 1 saturated heterocycles. The predicted molar refractivity (Wildman–Crippen MR) is 113 cm³/mol. The van der Waals surface area contributed by atoms with Crippen LogP contribution in [0.1, 0.15) is 30.5 Å². The lowest BCUT2D eigenvalue weighted by Crippen LogP contribution is -2.31. The Morgan fingerprint density at radius 1 is 1.09 bits per heavy atom. The maximum atomic E-state index is 13.1. The Morgan fingerprint density at radius 2 is 1.78 bits per heavy atom. The van der Waals surface area contributed by atoms with E-state index in [2.05, 4.69) is 14.6 Å². The van der Waals surface area contributed by atoms with Crippen LogP contribution in [0.4, 0.5) is 18.9 Å². The summed E-state index contributed by atoms with van der Waals surface area (Å²) in [6.45, 7) is 3.70. The van der Waals surface area contributed by atoms with Crippen LogP contribution in [0.15, 0.2) is 47.5 Å². The first-order valence-corrected chi connectivity index (χ1v) is 10.3. The van der Waals surface area contributed by atoms with Crippen LogP contribution in [-0.2, 0) is 6.54 Å². The molecule has 0 unspecified atom stereocenters. The number of pyridine rings is 1. The summed E-state index contributed by atoms with van der Waals surface area (Å²) >= 11 is 0. The molecule has 170 valence electrons. The van der Waals surface area contributed by atoms with Crippen molar-refractivity contribution in [1.82, 2.24) is 14.1 Å². The number of piperidine rings is 1. The number of imidazole rings is 1. The normalized spacial score (nSPS) is 14.6. The van der Waals surface area contributed by atoms with Gasteiger partial charge in [0.1, 0.15) is 5.75 Å². The monoisotopic (exact) mass is 448 g/mol. The number of hydrogen-bond donors (Lipinski definition) is 1. The van der Waals surface area contributed by atoms with Gasteiger partial charge in [0.2, 0.25) is 5.88 Å². The van der Waals surface area contributed by atoms with Crippen LogP contribution in [0.25, 0.3) is 5.69 Å². The van der Waals surface area contributed by atoms with Crippen molar-refractivity contribution in [3.63, 3.8) is 0 Å². The Hall–Kier alpha value is -3.43. The molecule has 1 fully saturated rings. The van der Waals surface area contributed by atoms with Gasteiger partial charge in [-0.25, -0.2) is 9.36 Å². The average Bonchev–Trinajstić information content (AvgIpc) is 2.97. The number of rotatable bonds is 5. The van der Waals surface area contributed by atoms with Gasteiger partial charge in [0.15, 0.2) is 0 Å². The molecule has 0 radical (unpaired) electrons. The van der Waals surface area contributed by atoms with Gasteiger partial charge in [0.05, 0.1) is 29.8 Å². The third kappa shape index (κ3) is 4.44. The highest BCUT2D eigenvalue weighted by molar-refractivity contribution is 5.52. The van der Waals surface area contributed by atoms with Crippen LogP contribution in [0.2, 0.25) is 0 Å². The second-order valence-electron chi connectivity index (χ2n) is 7.71. The minimum atomic E-state index is -4.81. The summed E-state index contributed by atoms with van der Waals surface area (Å²) in [6.07, 6.45) is 2.03. The molecule has 32 heavy (non-hydrogen) atoms. The first kappa shape index (κ1) is 21.8. The summed E-state index contributed by atoms with van der Waals surface area (Å²) in [7, 11) is 0. The smallest absolute Gasteiger partial charge is 0.493 e. The van der Waals surface area contributed by atoms with E-state index in [-0.39, 0.29) is 18.1 Å². The van der Waals surface area contributed by atoms with Crippen LogP contribution in [0, 0.1) is 6.92 Å². The molecular weight excluding hydrogens is 425 g/mol. The molecule has 0 aliphatic carbocycles. The Morgan fingerprint density at radius 3 is 2.44 bits per heavy atom. The van der Waals surface area contributed by atoms with E-state index in [1.54, 1.807) is 19.3 Å². The van der Waals surface area contributed by atoms with Crippen molar-refractivity contribution in [3.05, 3.63) is 64.5 Å². The Bertz CT molecular complexity index is 1150. The maximum absolute atomic E-state index is 13.1. The van der Waals surface area contributed by atoms with Gasteiger partial charge >= 0.3 is 12.1 Å². The quantitative estimate of drug-likeness (QED) is 0.639. The third-order valence-electron chi connectivity index (χ3n) is 5.60. The van der Waals surface area contributed by atoms with Crippen molar-refractivity contribution in [1.29, 1.82) is 0 Å². The molecule has 0 bridgehead atoms. The largest absolute Gasteiger partial charge is 0.573 e. The van der Waals surface area contributed by atoms with Gasteiger partial charge in [-0.15, -0.1) is 13.2 Å². The molecule has 3 heterocycles. The Kier molecular flexibility index (Phi) is 5.86. The summed E-state index contributed by atoms with van der Waals surface area (Å²) < 4.78 is 43.6. The van der Waals surface area contributed by atoms with Crippen molar-refractivity contribution < 1.29 is 23.0 Å². The number of hydrogen-bond acceptors (Lipinski definition) is 5. The van der Waals surface area contributed by atoms with Gasteiger partial charge in [-0.3, -0.25) is 9.55 Å². The maximum Gasteiger partial charge on any atom is 0.573 e. The SMILES string of the molecule is Cc1c(O)n(-c2ccc(OC(F)(F)F)cc2)c(=O)n1Cc1ccncc1N1CCCCC1. The predicted octanol–water partition coefficient (Wildman–Crippen LogP) is 3.99. The van der Waals surface area contributed by atoms with Gasteiger partial charge in [-0.2, -0.15) is 0 Å². The molecule has 1 aromatic carbocycles. The molecule has 1 aliphatic rings. The highest BCUT2D eigenvalue weighted by Crippen LogP contribution is 2.28. The van der Waals surface area contributed by atoms with Gasteiger partial charge < -0.3 is 14.7 Å². The molecule has 3 aromatic rings. The van der Waals surface area contributed by atoms with Gasteiger partial charge in [0, 0.05) is 19.3 Å².